The Morgan fingerprint density at radius 3 is 2.48 bits per heavy atom. The Hall–Kier alpha value is -1.82. The first-order valence-corrected chi connectivity index (χ1v) is 9.91. The van der Waals surface area contributed by atoms with Crippen LogP contribution in [0.15, 0.2) is 23.4 Å². The highest BCUT2D eigenvalue weighted by Gasteiger charge is 2.37. The number of anilines is 1. The average Bonchev–Trinajstić information content (AvgIpc) is 3.50. The number of thioether (sulfide) groups is 1. The molecule has 1 aromatic carbocycles. The molecule has 1 N–H and O–H groups in total. The van der Waals surface area contributed by atoms with E-state index in [2.05, 4.69) is 20.1 Å². The third-order valence-electron chi connectivity index (χ3n) is 4.93. The number of rotatable bonds is 6. The molecule has 0 spiro atoms. The van der Waals surface area contributed by atoms with Gasteiger partial charge in [0.2, 0.25) is 5.91 Å². The Labute approximate surface area is 152 Å². The highest BCUT2D eigenvalue weighted by atomic mass is 32.2. The maximum absolute atomic E-state index is 12.7. The molecule has 132 valence electrons. The predicted octanol–water partition coefficient (Wildman–Crippen LogP) is 4.23. The maximum atomic E-state index is 12.7. The van der Waals surface area contributed by atoms with Gasteiger partial charge in [0.15, 0.2) is 5.16 Å². The fourth-order valence-corrected chi connectivity index (χ4v) is 4.04. The van der Waals surface area contributed by atoms with Crippen LogP contribution in [0.4, 0.5) is 5.69 Å². The van der Waals surface area contributed by atoms with Crippen LogP contribution in [0.5, 0.6) is 0 Å². The molecule has 2 aliphatic carbocycles. The van der Waals surface area contributed by atoms with Crippen molar-refractivity contribution in [1.29, 1.82) is 0 Å². The molecule has 1 unspecified atom stereocenters. The van der Waals surface area contributed by atoms with Crippen molar-refractivity contribution >= 4 is 23.4 Å². The van der Waals surface area contributed by atoms with Gasteiger partial charge in [-0.25, -0.2) is 0 Å². The average molecular weight is 356 g/mol. The summed E-state index contributed by atoms with van der Waals surface area (Å²) in [6.45, 7) is 5.98. The second kappa shape index (κ2) is 6.48. The molecule has 2 aromatic rings. The summed E-state index contributed by atoms with van der Waals surface area (Å²) in [7, 11) is 0. The standard InChI is InChI=1S/C19H24N4OS/c1-11-5-4-6-12(2)16(11)20-18(24)13(3)25-19-22-21-17(14-7-8-14)23(19)15-9-10-15/h4-6,13-15H,7-10H2,1-3H3,(H,20,24). The number of para-hydroxylation sites is 1. The van der Waals surface area contributed by atoms with Crippen molar-refractivity contribution in [2.75, 3.05) is 5.32 Å². The van der Waals surface area contributed by atoms with Gasteiger partial charge in [-0.15, -0.1) is 10.2 Å². The first-order chi connectivity index (χ1) is 12.0. The number of hydrogen-bond donors (Lipinski definition) is 1. The number of aromatic nitrogens is 3. The summed E-state index contributed by atoms with van der Waals surface area (Å²) < 4.78 is 2.30. The van der Waals surface area contributed by atoms with E-state index in [1.54, 1.807) is 0 Å². The van der Waals surface area contributed by atoms with Crippen LogP contribution in [-0.4, -0.2) is 25.9 Å². The number of carbonyl (C=O) groups is 1. The third kappa shape index (κ3) is 3.45. The van der Waals surface area contributed by atoms with E-state index >= 15 is 0 Å². The molecule has 1 aromatic heterocycles. The summed E-state index contributed by atoms with van der Waals surface area (Å²) in [5.74, 6) is 1.73. The van der Waals surface area contributed by atoms with Crippen LogP contribution in [-0.2, 0) is 4.79 Å². The zero-order chi connectivity index (χ0) is 17.6. The lowest BCUT2D eigenvalue weighted by molar-refractivity contribution is -0.115. The lowest BCUT2D eigenvalue weighted by Gasteiger charge is -2.15. The second-order valence-corrected chi connectivity index (χ2v) is 8.54. The SMILES string of the molecule is Cc1cccc(C)c1NC(=O)C(C)Sc1nnc(C2CC2)n1C1CC1. The molecule has 2 fully saturated rings. The van der Waals surface area contributed by atoms with E-state index in [4.69, 9.17) is 0 Å². The van der Waals surface area contributed by atoms with Crippen LogP contribution in [0, 0.1) is 13.8 Å². The number of amides is 1. The molecule has 25 heavy (non-hydrogen) atoms. The Morgan fingerprint density at radius 2 is 1.88 bits per heavy atom. The van der Waals surface area contributed by atoms with Gasteiger partial charge in [0.05, 0.1) is 5.25 Å². The number of hydrogen-bond acceptors (Lipinski definition) is 4. The summed E-state index contributed by atoms with van der Waals surface area (Å²) in [6.07, 6.45) is 4.85. The maximum Gasteiger partial charge on any atom is 0.237 e. The third-order valence-corrected chi connectivity index (χ3v) is 5.98. The molecule has 4 rings (SSSR count). The molecule has 2 saturated carbocycles. The van der Waals surface area contributed by atoms with Crippen molar-refractivity contribution in [3.63, 3.8) is 0 Å². The second-order valence-electron chi connectivity index (χ2n) is 7.23. The number of aryl methyl sites for hydroxylation is 2. The highest BCUT2D eigenvalue weighted by molar-refractivity contribution is 8.00. The van der Waals surface area contributed by atoms with Gasteiger partial charge in [-0.1, -0.05) is 30.0 Å². The Morgan fingerprint density at radius 1 is 1.20 bits per heavy atom. The van der Waals surface area contributed by atoms with Gasteiger partial charge in [-0.05, 0) is 57.6 Å². The summed E-state index contributed by atoms with van der Waals surface area (Å²) in [5.41, 5.74) is 3.09. The Bertz CT molecular complexity index is 788. The molecule has 1 atom stereocenters. The van der Waals surface area contributed by atoms with Crippen molar-refractivity contribution in [2.24, 2.45) is 0 Å². The zero-order valence-electron chi connectivity index (χ0n) is 15.0. The Kier molecular flexibility index (Phi) is 4.31. The molecule has 1 amide bonds. The van der Waals surface area contributed by atoms with E-state index in [0.29, 0.717) is 12.0 Å². The number of nitrogens with one attached hydrogen (secondary N) is 1. The summed E-state index contributed by atoms with van der Waals surface area (Å²) in [6, 6.07) is 6.59. The molecule has 1 heterocycles. The normalized spacial score (nSPS) is 18.2. The minimum absolute atomic E-state index is 0.0146. The van der Waals surface area contributed by atoms with Crippen molar-refractivity contribution in [3.05, 3.63) is 35.2 Å². The van der Waals surface area contributed by atoms with Gasteiger partial charge in [0.25, 0.3) is 0 Å². The summed E-state index contributed by atoms with van der Waals surface area (Å²) in [5, 5.41) is 12.6. The van der Waals surface area contributed by atoms with E-state index in [-0.39, 0.29) is 11.2 Å². The lowest BCUT2D eigenvalue weighted by atomic mass is 10.1. The zero-order valence-corrected chi connectivity index (χ0v) is 15.8. The predicted molar refractivity (Wildman–Crippen MR) is 100 cm³/mol. The molecular weight excluding hydrogens is 332 g/mol. The lowest BCUT2D eigenvalue weighted by Crippen LogP contribution is -2.24. The molecule has 0 radical (unpaired) electrons. The molecule has 6 heteroatoms. The smallest absolute Gasteiger partial charge is 0.237 e. The van der Waals surface area contributed by atoms with E-state index in [1.165, 1.54) is 37.4 Å². The molecular formula is C19H24N4OS. The fraction of sp³-hybridized carbons (Fsp3) is 0.526. The first kappa shape index (κ1) is 16.6. The van der Waals surface area contributed by atoms with Crippen LogP contribution >= 0.6 is 11.8 Å². The molecule has 0 aliphatic heterocycles. The van der Waals surface area contributed by atoms with Crippen LogP contribution in [0.25, 0.3) is 0 Å². The largest absolute Gasteiger partial charge is 0.325 e. The minimum atomic E-state index is -0.215. The summed E-state index contributed by atoms with van der Waals surface area (Å²) in [4.78, 5) is 12.7. The van der Waals surface area contributed by atoms with E-state index in [1.807, 2.05) is 39.0 Å². The minimum Gasteiger partial charge on any atom is -0.325 e. The quantitative estimate of drug-likeness (QED) is 0.787. The first-order valence-electron chi connectivity index (χ1n) is 9.03. The van der Waals surface area contributed by atoms with E-state index < -0.39 is 0 Å². The monoisotopic (exact) mass is 356 g/mol. The highest BCUT2D eigenvalue weighted by Crippen LogP contribution is 2.46. The van der Waals surface area contributed by atoms with Gasteiger partial charge >= 0.3 is 0 Å². The number of carbonyl (C=O) groups excluding carboxylic acids is 1. The fourth-order valence-electron chi connectivity index (χ4n) is 3.11. The van der Waals surface area contributed by atoms with Gasteiger partial charge < -0.3 is 9.88 Å². The molecule has 2 aliphatic rings. The Balaban J connectivity index is 1.48. The van der Waals surface area contributed by atoms with E-state index in [0.717, 1.165) is 27.8 Å². The topological polar surface area (TPSA) is 59.8 Å². The van der Waals surface area contributed by atoms with Crippen LogP contribution in [0.1, 0.15) is 61.5 Å². The van der Waals surface area contributed by atoms with Gasteiger partial charge in [-0.3, -0.25) is 4.79 Å². The molecule has 0 bridgehead atoms. The van der Waals surface area contributed by atoms with Crippen molar-refractivity contribution in [3.8, 4) is 0 Å². The van der Waals surface area contributed by atoms with E-state index in [9.17, 15) is 4.79 Å². The van der Waals surface area contributed by atoms with Crippen molar-refractivity contribution < 1.29 is 4.79 Å². The van der Waals surface area contributed by atoms with Crippen LogP contribution < -0.4 is 5.32 Å². The van der Waals surface area contributed by atoms with Gasteiger partial charge in [-0.2, -0.15) is 0 Å². The summed E-state index contributed by atoms with van der Waals surface area (Å²) >= 11 is 1.52. The molecule has 5 nitrogen and oxygen atoms in total. The van der Waals surface area contributed by atoms with Crippen molar-refractivity contribution in [2.45, 2.75) is 68.8 Å². The van der Waals surface area contributed by atoms with Crippen LogP contribution in [0.3, 0.4) is 0 Å². The van der Waals surface area contributed by atoms with Crippen molar-refractivity contribution in [1.82, 2.24) is 14.8 Å². The van der Waals surface area contributed by atoms with Gasteiger partial charge in [0, 0.05) is 17.6 Å². The number of nitrogens with zero attached hydrogens (tertiary/aromatic N) is 3. The number of benzene rings is 1. The van der Waals surface area contributed by atoms with Gasteiger partial charge in [0.1, 0.15) is 5.82 Å². The molecule has 0 saturated heterocycles. The van der Waals surface area contributed by atoms with Crippen LogP contribution in [0.2, 0.25) is 0 Å².